The second kappa shape index (κ2) is 7.21. The summed E-state index contributed by atoms with van der Waals surface area (Å²) in [4.78, 5) is 6.94. The van der Waals surface area contributed by atoms with Crippen LogP contribution in [-0.2, 0) is 19.3 Å². The Morgan fingerprint density at radius 1 is 1.38 bits per heavy atom. The summed E-state index contributed by atoms with van der Waals surface area (Å²) in [6.07, 6.45) is 2.95. The van der Waals surface area contributed by atoms with Crippen LogP contribution >= 0.6 is 11.8 Å². The number of morpholine rings is 1. The van der Waals surface area contributed by atoms with Gasteiger partial charge in [0.25, 0.3) is 0 Å². The fourth-order valence-corrected chi connectivity index (χ4v) is 4.06. The van der Waals surface area contributed by atoms with Crippen molar-refractivity contribution in [2.24, 2.45) is 0 Å². The summed E-state index contributed by atoms with van der Waals surface area (Å²) in [7, 11) is -3.30. The number of pyridine rings is 1. The van der Waals surface area contributed by atoms with Crippen LogP contribution in [0.2, 0.25) is 0 Å². The largest absolute Gasteiger partial charge is 0.377 e. The topological polar surface area (TPSA) is 88.2 Å². The highest BCUT2D eigenvalue weighted by Gasteiger charge is 2.34. The molecule has 0 aromatic carbocycles. The molecule has 7 nitrogen and oxygen atoms in total. The van der Waals surface area contributed by atoms with Gasteiger partial charge in [-0.1, -0.05) is 11.8 Å². The molecule has 0 bridgehead atoms. The molecule has 1 aliphatic rings. The van der Waals surface area contributed by atoms with E-state index in [9.17, 15) is 8.42 Å². The molecule has 2 aromatic rings. The predicted octanol–water partition coefficient (Wildman–Crippen LogP) is 2.46. The molecule has 1 atom stereocenters. The lowest BCUT2D eigenvalue weighted by atomic mass is 10.0. The number of hydrogen-bond acceptors (Lipinski definition) is 7. The van der Waals surface area contributed by atoms with E-state index in [1.54, 1.807) is 20.0 Å². The Hall–Kier alpha value is -1.58. The van der Waals surface area contributed by atoms with Crippen LogP contribution in [0.4, 0.5) is 5.82 Å². The molecule has 26 heavy (non-hydrogen) atoms. The molecule has 0 radical (unpaired) electrons. The van der Waals surface area contributed by atoms with Crippen molar-refractivity contribution in [2.75, 3.05) is 30.9 Å². The van der Waals surface area contributed by atoms with Crippen LogP contribution in [0.25, 0.3) is 0 Å². The first-order valence-electron chi connectivity index (χ1n) is 8.42. The quantitative estimate of drug-likeness (QED) is 0.830. The van der Waals surface area contributed by atoms with E-state index in [-0.39, 0.29) is 6.04 Å². The first-order valence-corrected chi connectivity index (χ1v) is 11.1. The van der Waals surface area contributed by atoms with E-state index in [2.05, 4.69) is 22.0 Å². The van der Waals surface area contributed by atoms with E-state index >= 15 is 0 Å². The first-order chi connectivity index (χ1) is 12.2. The maximum atomic E-state index is 12.4. The number of ether oxygens (including phenoxy) is 1. The summed E-state index contributed by atoms with van der Waals surface area (Å²) in [5.74, 6) is 0.775. The third-order valence-electron chi connectivity index (χ3n) is 4.76. The van der Waals surface area contributed by atoms with Crippen molar-refractivity contribution in [3.63, 3.8) is 0 Å². The number of hydrogen-bond donors (Lipinski definition) is 1. The smallest absolute Gasteiger partial charge is 0.156 e. The van der Waals surface area contributed by atoms with Crippen molar-refractivity contribution in [3.05, 3.63) is 30.0 Å². The molecule has 1 fully saturated rings. The summed E-state index contributed by atoms with van der Waals surface area (Å²) in [6, 6.07) is 5.77. The number of H-pyrrole nitrogens is 1. The van der Waals surface area contributed by atoms with Crippen LogP contribution in [0, 0.1) is 0 Å². The molecule has 0 unspecified atom stereocenters. The van der Waals surface area contributed by atoms with Gasteiger partial charge in [-0.05, 0) is 44.5 Å². The van der Waals surface area contributed by atoms with Gasteiger partial charge in [0.15, 0.2) is 9.84 Å². The van der Waals surface area contributed by atoms with Crippen LogP contribution in [0.5, 0.6) is 0 Å². The van der Waals surface area contributed by atoms with Gasteiger partial charge in [-0.3, -0.25) is 5.10 Å². The number of sulfone groups is 1. The minimum atomic E-state index is -3.30. The van der Waals surface area contributed by atoms with Crippen molar-refractivity contribution in [3.8, 4) is 0 Å². The standard InChI is InChI=1S/C17H24N4O3S2/c1-12-11-24-8-7-21(12)14-9-13(17(2,3)26(4,22)23)10-16(19-14)25-15-5-6-18-20-15/h5-6,9-10,12H,7-8,11H2,1-4H3,(H,18,20)/t12-/m1/s1. The van der Waals surface area contributed by atoms with Gasteiger partial charge in [0.2, 0.25) is 0 Å². The van der Waals surface area contributed by atoms with Crippen LogP contribution < -0.4 is 4.90 Å². The molecular formula is C17H24N4O3S2. The zero-order chi connectivity index (χ0) is 18.9. The van der Waals surface area contributed by atoms with Gasteiger partial charge >= 0.3 is 0 Å². The lowest BCUT2D eigenvalue weighted by Gasteiger charge is -2.35. The van der Waals surface area contributed by atoms with Crippen LogP contribution in [0.3, 0.4) is 0 Å². The van der Waals surface area contributed by atoms with E-state index in [0.29, 0.717) is 13.2 Å². The Bertz CT molecular complexity index is 866. The van der Waals surface area contributed by atoms with Gasteiger partial charge in [0, 0.05) is 19.0 Å². The molecule has 3 rings (SSSR count). The second-order valence-corrected chi connectivity index (χ2v) is 10.6. The zero-order valence-electron chi connectivity index (χ0n) is 15.4. The number of rotatable bonds is 5. The minimum Gasteiger partial charge on any atom is -0.377 e. The van der Waals surface area contributed by atoms with Gasteiger partial charge < -0.3 is 9.64 Å². The third kappa shape index (κ3) is 3.89. The van der Waals surface area contributed by atoms with E-state index in [0.717, 1.165) is 28.0 Å². The van der Waals surface area contributed by atoms with E-state index < -0.39 is 14.6 Å². The minimum absolute atomic E-state index is 0.179. The summed E-state index contributed by atoms with van der Waals surface area (Å²) in [5, 5.41) is 8.45. The van der Waals surface area contributed by atoms with E-state index in [1.807, 2.05) is 18.2 Å². The highest BCUT2D eigenvalue weighted by Crippen LogP contribution is 2.35. The molecule has 0 spiro atoms. The molecule has 3 heterocycles. The Labute approximate surface area is 158 Å². The molecule has 0 amide bonds. The predicted molar refractivity (Wildman–Crippen MR) is 102 cm³/mol. The Kier molecular flexibility index (Phi) is 5.32. The number of nitrogens with one attached hydrogen (secondary N) is 1. The highest BCUT2D eigenvalue weighted by molar-refractivity contribution is 7.99. The molecule has 0 saturated carbocycles. The average molecular weight is 397 g/mol. The van der Waals surface area contributed by atoms with Gasteiger partial charge in [-0.15, -0.1) is 0 Å². The van der Waals surface area contributed by atoms with Crippen molar-refractivity contribution >= 4 is 27.4 Å². The maximum Gasteiger partial charge on any atom is 0.156 e. The number of aromatic amines is 1. The Morgan fingerprint density at radius 2 is 2.15 bits per heavy atom. The normalized spacial score (nSPS) is 18.9. The first kappa shape index (κ1) is 19.2. The molecule has 142 valence electrons. The van der Waals surface area contributed by atoms with Crippen molar-refractivity contribution in [1.82, 2.24) is 15.2 Å². The van der Waals surface area contributed by atoms with Crippen LogP contribution in [-0.4, -0.2) is 55.7 Å². The average Bonchev–Trinajstić information content (AvgIpc) is 3.07. The van der Waals surface area contributed by atoms with Crippen molar-refractivity contribution < 1.29 is 13.2 Å². The van der Waals surface area contributed by atoms with Crippen LogP contribution in [0.15, 0.2) is 34.4 Å². The zero-order valence-corrected chi connectivity index (χ0v) is 17.0. The molecule has 9 heteroatoms. The van der Waals surface area contributed by atoms with Gasteiger partial charge in [-0.25, -0.2) is 13.4 Å². The number of aromatic nitrogens is 3. The third-order valence-corrected chi connectivity index (χ3v) is 7.72. The van der Waals surface area contributed by atoms with Gasteiger partial charge in [-0.2, -0.15) is 5.10 Å². The Balaban J connectivity index is 2.07. The van der Waals surface area contributed by atoms with E-state index in [4.69, 9.17) is 9.72 Å². The molecule has 1 aliphatic heterocycles. The maximum absolute atomic E-state index is 12.4. The summed E-state index contributed by atoms with van der Waals surface area (Å²) >= 11 is 1.43. The summed E-state index contributed by atoms with van der Waals surface area (Å²) in [5.41, 5.74) is 0.728. The van der Waals surface area contributed by atoms with Crippen LogP contribution in [0.1, 0.15) is 26.3 Å². The van der Waals surface area contributed by atoms with Crippen molar-refractivity contribution in [1.29, 1.82) is 0 Å². The van der Waals surface area contributed by atoms with E-state index in [1.165, 1.54) is 18.0 Å². The number of anilines is 1. The van der Waals surface area contributed by atoms with Gasteiger partial charge in [0.05, 0.1) is 29.0 Å². The number of nitrogens with zero attached hydrogens (tertiary/aromatic N) is 3. The fourth-order valence-electron chi connectivity index (χ4n) is 2.73. The SMILES string of the molecule is C[C@@H]1COCCN1c1cc(C(C)(C)S(C)(=O)=O)cc(Sc2ccn[nH]2)n1. The summed E-state index contributed by atoms with van der Waals surface area (Å²) < 4.78 is 29.2. The van der Waals surface area contributed by atoms with Crippen molar-refractivity contribution in [2.45, 2.75) is 41.6 Å². The molecule has 2 aromatic heterocycles. The molecule has 0 aliphatic carbocycles. The molecular weight excluding hydrogens is 372 g/mol. The summed E-state index contributed by atoms with van der Waals surface area (Å²) in [6.45, 7) is 7.53. The van der Waals surface area contributed by atoms with Gasteiger partial charge in [0.1, 0.15) is 10.8 Å². The monoisotopic (exact) mass is 396 g/mol. The lowest BCUT2D eigenvalue weighted by Crippen LogP contribution is -2.44. The Morgan fingerprint density at radius 3 is 2.77 bits per heavy atom. The highest BCUT2D eigenvalue weighted by atomic mass is 32.2. The lowest BCUT2D eigenvalue weighted by molar-refractivity contribution is 0.0984. The molecule has 1 saturated heterocycles. The second-order valence-electron chi connectivity index (χ2n) is 6.98. The fraction of sp³-hybridized carbons (Fsp3) is 0.529. The molecule has 1 N–H and O–H groups in total.